The molecule has 0 saturated carbocycles. The molecule has 0 bridgehead atoms. The average molecular weight is 269 g/mol. The molecule has 2 rings (SSSR count). The third kappa shape index (κ3) is 5.35. The number of hydrogen-bond donors (Lipinski definition) is 2. The maximum absolute atomic E-state index is 10.5. The van der Waals surface area contributed by atoms with E-state index in [1.165, 1.54) is 18.6 Å². The van der Waals surface area contributed by atoms with Crippen LogP contribution in [0.3, 0.4) is 0 Å². The van der Waals surface area contributed by atoms with E-state index in [2.05, 4.69) is 0 Å². The van der Waals surface area contributed by atoms with Crippen molar-refractivity contribution in [2.45, 2.75) is 25.4 Å². The van der Waals surface area contributed by atoms with Gasteiger partial charge in [-0.1, -0.05) is 0 Å². The van der Waals surface area contributed by atoms with Gasteiger partial charge in [0.25, 0.3) is 5.69 Å². The lowest BCUT2D eigenvalue weighted by molar-refractivity contribution is -0.384. The summed E-state index contributed by atoms with van der Waals surface area (Å²) in [4.78, 5) is 18.6. The monoisotopic (exact) mass is 269 g/mol. The van der Waals surface area contributed by atoms with Gasteiger partial charge in [0.1, 0.15) is 0 Å². The van der Waals surface area contributed by atoms with Crippen molar-refractivity contribution in [3.8, 4) is 0 Å². The van der Waals surface area contributed by atoms with Crippen LogP contribution in [-0.4, -0.2) is 27.9 Å². The first-order valence-corrected chi connectivity index (χ1v) is 5.78. The van der Waals surface area contributed by atoms with Gasteiger partial charge in [0, 0.05) is 18.7 Å². The Hall–Kier alpha value is -2.15. The van der Waals surface area contributed by atoms with E-state index in [9.17, 15) is 10.1 Å². The normalized spacial score (nSPS) is 18.0. The van der Waals surface area contributed by atoms with E-state index in [4.69, 9.17) is 19.7 Å². The van der Waals surface area contributed by atoms with E-state index in [0.717, 1.165) is 25.0 Å². The van der Waals surface area contributed by atoms with Gasteiger partial charge in [0.15, 0.2) is 0 Å². The van der Waals surface area contributed by atoms with Crippen molar-refractivity contribution in [1.29, 1.82) is 0 Å². The Kier molecular flexibility index (Phi) is 5.74. The summed E-state index contributed by atoms with van der Waals surface area (Å²) in [5, 5.41) is 24.4. The van der Waals surface area contributed by atoms with Crippen molar-refractivity contribution in [3.05, 3.63) is 39.9 Å². The number of carboxylic acid groups (broad SMARTS) is 2. The maximum Gasteiger partial charge on any atom is 0.503 e. The molecule has 1 aliphatic rings. The van der Waals surface area contributed by atoms with Crippen LogP contribution in [0.4, 0.5) is 10.5 Å². The minimum Gasteiger partial charge on any atom is -0.450 e. The van der Waals surface area contributed by atoms with Crippen molar-refractivity contribution in [2.24, 2.45) is 0 Å². The Balaban J connectivity index is 0.000000399. The molecule has 7 nitrogen and oxygen atoms in total. The summed E-state index contributed by atoms with van der Waals surface area (Å²) >= 11 is 0. The van der Waals surface area contributed by atoms with E-state index < -0.39 is 6.16 Å². The summed E-state index contributed by atoms with van der Waals surface area (Å²) in [6, 6.07) is 6.64. The highest BCUT2D eigenvalue weighted by Gasteiger charge is 2.16. The molecule has 0 radical (unpaired) electrons. The number of ether oxygens (including phenoxy) is 1. The Labute approximate surface area is 109 Å². The fourth-order valence-electron chi connectivity index (χ4n) is 1.81. The van der Waals surface area contributed by atoms with Gasteiger partial charge in [0.05, 0.1) is 11.0 Å². The van der Waals surface area contributed by atoms with Gasteiger partial charge < -0.3 is 14.9 Å². The zero-order chi connectivity index (χ0) is 14.3. The lowest BCUT2D eigenvalue weighted by Gasteiger charge is -2.22. The lowest BCUT2D eigenvalue weighted by Crippen LogP contribution is -2.11. The van der Waals surface area contributed by atoms with Crippen LogP contribution in [0.1, 0.15) is 30.9 Å². The molecule has 104 valence electrons. The van der Waals surface area contributed by atoms with Crippen LogP contribution in [0.25, 0.3) is 0 Å². The van der Waals surface area contributed by atoms with Gasteiger partial charge in [0.2, 0.25) is 0 Å². The summed E-state index contributed by atoms with van der Waals surface area (Å²) in [6.45, 7) is 0.793. The second-order valence-electron chi connectivity index (χ2n) is 3.99. The molecule has 1 aromatic rings. The van der Waals surface area contributed by atoms with Gasteiger partial charge in [-0.25, -0.2) is 4.79 Å². The largest absolute Gasteiger partial charge is 0.503 e. The van der Waals surface area contributed by atoms with Crippen LogP contribution in [0.2, 0.25) is 0 Å². The molecule has 0 amide bonds. The van der Waals surface area contributed by atoms with E-state index >= 15 is 0 Å². The second kappa shape index (κ2) is 7.32. The third-order valence-corrected chi connectivity index (χ3v) is 2.66. The summed E-state index contributed by atoms with van der Waals surface area (Å²) < 4.78 is 5.59. The number of nitrogens with zero attached hydrogens (tertiary/aromatic N) is 1. The Morgan fingerprint density at radius 3 is 2.26 bits per heavy atom. The molecule has 0 aromatic heterocycles. The van der Waals surface area contributed by atoms with E-state index in [0.29, 0.717) is 0 Å². The molecular formula is C12H15NO6. The topological polar surface area (TPSA) is 110 Å². The molecule has 1 aliphatic heterocycles. The molecule has 1 aromatic carbocycles. The van der Waals surface area contributed by atoms with Gasteiger partial charge >= 0.3 is 6.16 Å². The predicted molar refractivity (Wildman–Crippen MR) is 66.3 cm³/mol. The first kappa shape index (κ1) is 14.9. The lowest BCUT2D eigenvalue weighted by atomic mass is 10.0. The van der Waals surface area contributed by atoms with Crippen LogP contribution in [-0.2, 0) is 4.74 Å². The zero-order valence-electron chi connectivity index (χ0n) is 10.2. The predicted octanol–water partition coefficient (Wildman–Crippen LogP) is 3.06. The molecule has 2 N–H and O–H groups in total. The molecule has 1 unspecified atom stereocenters. The Morgan fingerprint density at radius 1 is 1.26 bits per heavy atom. The third-order valence-electron chi connectivity index (χ3n) is 2.66. The Bertz CT molecular complexity index is 420. The molecule has 1 heterocycles. The van der Waals surface area contributed by atoms with Crippen molar-refractivity contribution in [1.82, 2.24) is 0 Å². The van der Waals surface area contributed by atoms with Gasteiger partial charge in [-0.3, -0.25) is 10.1 Å². The summed E-state index contributed by atoms with van der Waals surface area (Å²) in [6.07, 6.45) is 1.59. The van der Waals surface area contributed by atoms with Gasteiger partial charge in [-0.2, -0.15) is 0 Å². The van der Waals surface area contributed by atoms with Crippen molar-refractivity contribution >= 4 is 11.8 Å². The van der Waals surface area contributed by atoms with E-state index in [1.807, 2.05) is 0 Å². The highest BCUT2D eigenvalue weighted by atomic mass is 16.6. The smallest absolute Gasteiger partial charge is 0.450 e. The summed E-state index contributed by atoms with van der Waals surface area (Å²) in [5.41, 5.74) is 1.18. The van der Waals surface area contributed by atoms with Crippen LogP contribution >= 0.6 is 0 Å². The first-order chi connectivity index (χ1) is 9.00. The number of benzene rings is 1. The van der Waals surface area contributed by atoms with Crippen molar-refractivity contribution < 1.29 is 24.7 Å². The molecule has 1 saturated heterocycles. The number of non-ortho nitro benzene ring substituents is 1. The van der Waals surface area contributed by atoms with Crippen LogP contribution < -0.4 is 0 Å². The van der Waals surface area contributed by atoms with Crippen LogP contribution in [0.5, 0.6) is 0 Å². The van der Waals surface area contributed by atoms with Crippen LogP contribution in [0.15, 0.2) is 24.3 Å². The van der Waals surface area contributed by atoms with E-state index in [1.54, 1.807) is 12.1 Å². The molecular weight excluding hydrogens is 254 g/mol. The minimum atomic E-state index is -1.83. The summed E-state index contributed by atoms with van der Waals surface area (Å²) in [5.74, 6) is 0. The quantitative estimate of drug-likeness (QED) is 0.630. The number of hydrogen-bond acceptors (Lipinski definition) is 4. The number of rotatable bonds is 2. The average Bonchev–Trinajstić information content (AvgIpc) is 2.39. The molecule has 1 atom stereocenters. The molecule has 1 fully saturated rings. The minimum absolute atomic E-state index is 0.125. The number of carbonyl (C=O) groups is 1. The fourth-order valence-corrected chi connectivity index (χ4v) is 1.81. The standard InChI is InChI=1S/C11H13NO3.CH2O3/c13-12(14)10-6-4-9(5-7-10)11-3-1-2-8-15-11;2-1(3)4/h4-7,11H,1-3,8H2;(H2,2,3,4). The molecule has 7 heteroatoms. The molecule has 0 spiro atoms. The van der Waals surface area contributed by atoms with Crippen molar-refractivity contribution in [2.75, 3.05) is 6.61 Å². The maximum atomic E-state index is 10.5. The summed E-state index contributed by atoms with van der Waals surface area (Å²) in [7, 11) is 0. The Morgan fingerprint density at radius 2 is 1.84 bits per heavy atom. The first-order valence-electron chi connectivity index (χ1n) is 5.78. The van der Waals surface area contributed by atoms with Crippen LogP contribution in [0, 0.1) is 10.1 Å². The number of nitro benzene ring substituents is 1. The SMILES string of the molecule is O=C(O)O.O=[N+]([O-])c1ccc(C2CCCCO2)cc1. The fraction of sp³-hybridized carbons (Fsp3) is 0.417. The molecule has 0 aliphatic carbocycles. The van der Waals surface area contributed by atoms with Gasteiger partial charge in [-0.05, 0) is 37.0 Å². The zero-order valence-corrected chi connectivity index (χ0v) is 10.2. The van der Waals surface area contributed by atoms with Gasteiger partial charge in [-0.15, -0.1) is 0 Å². The highest BCUT2D eigenvalue weighted by molar-refractivity contribution is 5.53. The highest BCUT2D eigenvalue weighted by Crippen LogP contribution is 2.28. The van der Waals surface area contributed by atoms with Crippen molar-refractivity contribution in [3.63, 3.8) is 0 Å². The second-order valence-corrected chi connectivity index (χ2v) is 3.99. The number of nitro groups is 1. The molecule has 19 heavy (non-hydrogen) atoms. The van der Waals surface area contributed by atoms with E-state index in [-0.39, 0.29) is 16.7 Å².